The monoisotopic (exact) mass is 227 g/mol. The molecule has 2 rings (SSSR count). The number of carbonyl (C=O) groups excluding carboxylic acids is 2. The van der Waals surface area contributed by atoms with Gasteiger partial charge in [0.15, 0.2) is 0 Å². The Hall–Kier alpha value is -0.510. The van der Waals surface area contributed by atoms with E-state index in [1.807, 2.05) is 0 Å². The maximum Gasteiger partial charge on any atom is 0.242 e. The Balaban J connectivity index is 2.04. The number of likely N-dealkylation sites (tertiary alicyclic amines) is 1. The summed E-state index contributed by atoms with van der Waals surface area (Å²) in [5, 5.41) is -0.392. The molecular formula is C11H17NO2S. The topological polar surface area (TPSA) is 37.4 Å². The van der Waals surface area contributed by atoms with Crippen molar-refractivity contribution in [2.24, 2.45) is 5.92 Å². The van der Waals surface area contributed by atoms with E-state index in [4.69, 9.17) is 0 Å². The molecule has 1 aliphatic carbocycles. The Morgan fingerprint density at radius 2 is 1.80 bits per heavy atom. The van der Waals surface area contributed by atoms with Gasteiger partial charge in [0, 0.05) is 12.5 Å². The highest BCUT2D eigenvalue weighted by atomic mass is 32.1. The second-order valence-corrected chi connectivity index (χ2v) is 5.36. The van der Waals surface area contributed by atoms with Crippen LogP contribution in [0.3, 0.4) is 0 Å². The van der Waals surface area contributed by atoms with Crippen molar-refractivity contribution < 1.29 is 9.59 Å². The third kappa shape index (κ3) is 2.05. The molecule has 0 N–H and O–H groups in total. The number of hydrogen-bond acceptors (Lipinski definition) is 3. The summed E-state index contributed by atoms with van der Waals surface area (Å²) in [6, 6.07) is 0.151. The first-order valence-corrected chi connectivity index (χ1v) is 6.15. The summed E-state index contributed by atoms with van der Waals surface area (Å²) < 4.78 is 0. The van der Waals surface area contributed by atoms with E-state index in [0.29, 0.717) is 0 Å². The van der Waals surface area contributed by atoms with E-state index in [-0.39, 0.29) is 24.3 Å². The van der Waals surface area contributed by atoms with Crippen molar-refractivity contribution in [2.45, 2.75) is 50.3 Å². The van der Waals surface area contributed by atoms with E-state index in [2.05, 4.69) is 19.6 Å². The van der Waals surface area contributed by atoms with Gasteiger partial charge in [-0.1, -0.05) is 6.92 Å². The van der Waals surface area contributed by atoms with Crippen LogP contribution < -0.4 is 0 Å². The van der Waals surface area contributed by atoms with Gasteiger partial charge in [0.05, 0.1) is 5.25 Å². The molecule has 0 aromatic heterocycles. The van der Waals surface area contributed by atoms with Gasteiger partial charge in [-0.25, -0.2) is 0 Å². The predicted octanol–water partition coefficient (Wildman–Crippen LogP) is 1.62. The lowest BCUT2D eigenvalue weighted by Gasteiger charge is -2.32. The molecule has 1 saturated carbocycles. The first-order chi connectivity index (χ1) is 7.09. The van der Waals surface area contributed by atoms with Crippen LogP contribution in [-0.4, -0.2) is 28.0 Å². The maximum absolute atomic E-state index is 11.7. The fourth-order valence-electron chi connectivity index (χ4n) is 2.52. The molecule has 84 valence electrons. The Labute approximate surface area is 95.6 Å². The van der Waals surface area contributed by atoms with Crippen molar-refractivity contribution in [1.29, 1.82) is 0 Å². The molecule has 2 fully saturated rings. The molecule has 0 aromatic carbocycles. The van der Waals surface area contributed by atoms with Crippen molar-refractivity contribution >= 4 is 24.4 Å². The number of amides is 2. The summed E-state index contributed by atoms with van der Waals surface area (Å²) in [5.41, 5.74) is 0. The van der Waals surface area contributed by atoms with Gasteiger partial charge in [0.2, 0.25) is 11.8 Å². The number of rotatable bonds is 1. The van der Waals surface area contributed by atoms with Crippen LogP contribution in [-0.2, 0) is 9.59 Å². The van der Waals surface area contributed by atoms with Gasteiger partial charge in [0.1, 0.15) is 0 Å². The molecule has 0 bridgehead atoms. The molecule has 1 aliphatic heterocycles. The van der Waals surface area contributed by atoms with Gasteiger partial charge < -0.3 is 0 Å². The van der Waals surface area contributed by atoms with Crippen molar-refractivity contribution in [3.63, 3.8) is 0 Å². The third-order valence-corrected chi connectivity index (χ3v) is 3.91. The lowest BCUT2D eigenvalue weighted by molar-refractivity contribution is -0.141. The summed E-state index contributed by atoms with van der Waals surface area (Å²) in [5.74, 6) is 0.628. The third-order valence-electron chi connectivity index (χ3n) is 3.51. The average Bonchev–Trinajstić information content (AvgIpc) is 2.44. The fourth-order valence-corrected chi connectivity index (χ4v) is 2.80. The second kappa shape index (κ2) is 4.16. The number of thiol groups is 1. The molecule has 1 saturated heterocycles. The number of nitrogens with zero attached hydrogens (tertiary/aromatic N) is 1. The standard InChI is InChI=1S/C11H17NO2S/c1-7-2-4-8(5-3-7)12-10(13)6-9(15)11(12)14/h7-9,15H,2-6H2,1H3. The van der Waals surface area contributed by atoms with Crippen molar-refractivity contribution in [1.82, 2.24) is 4.90 Å². The predicted molar refractivity (Wildman–Crippen MR) is 60.7 cm³/mol. The van der Waals surface area contributed by atoms with E-state index in [1.165, 1.54) is 4.90 Å². The first-order valence-electron chi connectivity index (χ1n) is 5.63. The summed E-state index contributed by atoms with van der Waals surface area (Å²) in [7, 11) is 0. The molecule has 0 aromatic rings. The van der Waals surface area contributed by atoms with Crippen LogP contribution in [0, 0.1) is 5.92 Å². The summed E-state index contributed by atoms with van der Waals surface area (Å²) >= 11 is 4.13. The first kappa shape index (κ1) is 11.0. The molecule has 3 nitrogen and oxygen atoms in total. The maximum atomic E-state index is 11.7. The minimum absolute atomic E-state index is 0.0282. The van der Waals surface area contributed by atoms with Gasteiger partial charge in [0.25, 0.3) is 0 Å². The van der Waals surface area contributed by atoms with Gasteiger partial charge in [-0.15, -0.1) is 0 Å². The minimum Gasteiger partial charge on any atom is -0.278 e. The van der Waals surface area contributed by atoms with E-state index >= 15 is 0 Å². The number of carbonyl (C=O) groups is 2. The van der Waals surface area contributed by atoms with Crippen LogP contribution in [0.2, 0.25) is 0 Å². The summed E-state index contributed by atoms with van der Waals surface area (Å²) in [4.78, 5) is 24.8. The molecule has 0 radical (unpaired) electrons. The van der Waals surface area contributed by atoms with Crippen molar-refractivity contribution in [3.8, 4) is 0 Å². The highest BCUT2D eigenvalue weighted by Gasteiger charge is 2.41. The Morgan fingerprint density at radius 3 is 2.27 bits per heavy atom. The highest BCUT2D eigenvalue weighted by Crippen LogP contribution is 2.31. The Morgan fingerprint density at radius 1 is 1.20 bits per heavy atom. The van der Waals surface area contributed by atoms with Crippen LogP contribution in [0.4, 0.5) is 0 Å². The number of hydrogen-bond donors (Lipinski definition) is 1. The molecule has 4 heteroatoms. The molecule has 15 heavy (non-hydrogen) atoms. The summed E-state index contributed by atoms with van der Waals surface area (Å²) in [6.45, 7) is 2.23. The Bertz CT molecular complexity index is 284. The molecule has 2 amide bonds. The minimum atomic E-state index is -0.392. The van der Waals surface area contributed by atoms with Gasteiger partial charge in [-0.2, -0.15) is 12.6 Å². The van der Waals surface area contributed by atoms with Crippen LogP contribution in [0.5, 0.6) is 0 Å². The zero-order valence-electron chi connectivity index (χ0n) is 8.98. The van der Waals surface area contributed by atoms with Crippen LogP contribution in [0.25, 0.3) is 0 Å². The van der Waals surface area contributed by atoms with Crippen LogP contribution in [0.1, 0.15) is 39.0 Å². The normalized spacial score (nSPS) is 37.5. The average molecular weight is 227 g/mol. The molecule has 1 atom stereocenters. The molecule has 1 heterocycles. The lowest BCUT2D eigenvalue weighted by Crippen LogP contribution is -2.42. The molecular weight excluding hydrogens is 210 g/mol. The molecule has 1 unspecified atom stereocenters. The second-order valence-electron chi connectivity index (χ2n) is 4.74. The van der Waals surface area contributed by atoms with Crippen molar-refractivity contribution in [2.75, 3.05) is 0 Å². The highest BCUT2D eigenvalue weighted by molar-refractivity contribution is 7.81. The van der Waals surface area contributed by atoms with E-state index in [1.54, 1.807) is 0 Å². The lowest BCUT2D eigenvalue weighted by atomic mass is 9.87. The smallest absolute Gasteiger partial charge is 0.242 e. The van der Waals surface area contributed by atoms with Gasteiger partial charge in [-0.05, 0) is 31.6 Å². The van der Waals surface area contributed by atoms with Crippen LogP contribution >= 0.6 is 12.6 Å². The molecule has 2 aliphatic rings. The SMILES string of the molecule is CC1CCC(N2C(=O)CC(S)C2=O)CC1. The van der Waals surface area contributed by atoms with Gasteiger partial charge >= 0.3 is 0 Å². The van der Waals surface area contributed by atoms with Crippen LogP contribution in [0.15, 0.2) is 0 Å². The van der Waals surface area contributed by atoms with Gasteiger partial charge in [-0.3, -0.25) is 14.5 Å². The largest absolute Gasteiger partial charge is 0.278 e. The fraction of sp³-hybridized carbons (Fsp3) is 0.818. The quantitative estimate of drug-likeness (QED) is 0.546. The zero-order chi connectivity index (χ0) is 11.0. The summed E-state index contributed by atoms with van der Waals surface area (Å²) in [6.07, 6.45) is 4.48. The van der Waals surface area contributed by atoms with Crippen molar-refractivity contribution in [3.05, 3.63) is 0 Å². The Kier molecular flexibility index (Phi) is 3.05. The van der Waals surface area contributed by atoms with E-state index in [0.717, 1.165) is 31.6 Å². The van der Waals surface area contributed by atoms with E-state index < -0.39 is 5.25 Å². The number of imide groups is 1. The molecule has 0 spiro atoms. The van der Waals surface area contributed by atoms with E-state index in [9.17, 15) is 9.59 Å². The zero-order valence-corrected chi connectivity index (χ0v) is 9.87.